The van der Waals surface area contributed by atoms with Gasteiger partial charge in [-0.05, 0) is 24.5 Å². The van der Waals surface area contributed by atoms with Gasteiger partial charge in [-0.2, -0.15) is 0 Å². The largest absolute Gasteiger partial charge is 0.472 e. The molecule has 4 rings (SSSR count). The molecule has 3 N–H and O–H groups in total. The van der Waals surface area contributed by atoms with Gasteiger partial charge in [-0.25, -0.2) is 9.79 Å². The van der Waals surface area contributed by atoms with Gasteiger partial charge in [0.15, 0.2) is 11.6 Å². The van der Waals surface area contributed by atoms with E-state index in [-0.39, 0.29) is 12.0 Å². The number of hydrogen-bond acceptors (Lipinski definition) is 5. The standard InChI is InChI=1S/C23H29N3O4/c24-22(25-14-17-11-13-29-16-17)26-12-10-20(15-26)30-21(27)23(28,19-8-4-5-9-19)18-6-2-1-3-7-18/h1-3,6-7,11,13,16,19-20,28H,4-5,8-10,12,14-15H2,(H2,24,25)/t20-,23+/m1/s1. The molecule has 1 aliphatic heterocycles. The van der Waals surface area contributed by atoms with E-state index >= 15 is 0 Å². The summed E-state index contributed by atoms with van der Waals surface area (Å²) in [6.07, 6.45) is 7.27. The summed E-state index contributed by atoms with van der Waals surface area (Å²) in [6, 6.07) is 11.0. The van der Waals surface area contributed by atoms with Gasteiger partial charge in [0.25, 0.3) is 0 Å². The fourth-order valence-electron chi connectivity index (χ4n) is 4.48. The summed E-state index contributed by atoms with van der Waals surface area (Å²) < 4.78 is 10.9. The summed E-state index contributed by atoms with van der Waals surface area (Å²) in [5.74, 6) is -0.253. The molecule has 0 spiro atoms. The van der Waals surface area contributed by atoms with Crippen LogP contribution >= 0.6 is 0 Å². The molecule has 2 aliphatic rings. The molecule has 0 amide bonds. The molecule has 1 aromatic heterocycles. The minimum Gasteiger partial charge on any atom is -0.472 e. The normalized spacial score (nSPS) is 22.2. The first kappa shape index (κ1) is 20.5. The monoisotopic (exact) mass is 411 g/mol. The second kappa shape index (κ2) is 8.92. The number of nitrogens with two attached hydrogens (primary N) is 1. The lowest BCUT2D eigenvalue weighted by molar-refractivity contribution is -0.178. The highest BCUT2D eigenvalue weighted by Gasteiger charge is 2.48. The summed E-state index contributed by atoms with van der Waals surface area (Å²) in [5.41, 5.74) is 6.07. The van der Waals surface area contributed by atoms with Crippen molar-refractivity contribution in [2.45, 2.75) is 50.4 Å². The van der Waals surface area contributed by atoms with Gasteiger partial charge in [-0.3, -0.25) is 0 Å². The van der Waals surface area contributed by atoms with E-state index in [2.05, 4.69) is 4.99 Å². The van der Waals surface area contributed by atoms with Crippen LogP contribution in [0.3, 0.4) is 0 Å². The lowest BCUT2D eigenvalue weighted by Crippen LogP contribution is -2.45. The van der Waals surface area contributed by atoms with Crippen molar-refractivity contribution < 1.29 is 19.1 Å². The number of ether oxygens (including phenoxy) is 1. The molecule has 7 nitrogen and oxygen atoms in total. The Hall–Kier alpha value is -2.80. The Morgan fingerprint density at radius 3 is 2.70 bits per heavy atom. The van der Waals surface area contributed by atoms with Crippen molar-refractivity contribution in [2.24, 2.45) is 16.6 Å². The van der Waals surface area contributed by atoms with Crippen molar-refractivity contribution in [3.8, 4) is 0 Å². The van der Waals surface area contributed by atoms with Crippen molar-refractivity contribution in [2.75, 3.05) is 13.1 Å². The maximum absolute atomic E-state index is 13.2. The number of guanidine groups is 1. The average molecular weight is 412 g/mol. The number of hydrogen-bond donors (Lipinski definition) is 2. The van der Waals surface area contributed by atoms with Gasteiger partial charge >= 0.3 is 5.97 Å². The quantitative estimate of drug-likeness (QED) is 0.431. The van der Waals surface area contributed by atoms with Crippen LogP contribution in [0.1, 0.15) is 43.2 Å². The molecule has 0 bridgehead atoms. The van der Waals surface area contributed by atoms with E-state index < -0.39 is 11.6 Å². The first-order valence-electron chi connectivity index (χ1n) is 10.6. The number of likely N-dealkylation sites (tertiary alicyclic amines) is 1. The summed E-state index contributed by atoms with van der Waals surface area (Å²) in [4.78, 5) is 19.5. The summed E-state index contributed by atoms with van der Waals surface area (Å²) >= 11 is 0. The molecular weight excluding hydrogens is 382 g/mol. The van der Waals surface area contributed by atoms with E-state index in [1.165, 1.54) is 0 Å². The van der Waals surface area contributed by atoms with Crippen LogP contribution in [0, 0.1) is 5.92 Å². The molecule has 160 valence electrons. The highest BCUT2D eigenvalue weighted by Crippen LogP contribution is 2.41. The van der Waals surface area contributed by atoms with Crippen molar-refractivity contribution in [3.05, 3.63) is 60.1 Å². The lowest BCUT2D eigenvalue weighted by atomic mass is 9.80. The van der Waals surface area contributed by atoms with E-state index in [0.717, 1.165) is 31.2 Å². The number of carbonyl (C=O) groups is 1. The van der Waals surface area contributed by atoms with Gasteiger partial charge in [0.05, 0.1) is 25.6 Å². The number of rotatable bonds is 6. The number of aliphatic hydroxyl groups is 1. The summed E-state index contributed by atoms with van der Waals surface area (Å²) in [5, 5.41) is 11.5. The Morgan fingerprint density at radius 2 is 2.00 bits per heavy atom. The van der Waals surface area contributed by atoms with Gasteiger partial charge in [-0.15, -0.1) is 0 Å². The van der Waals surface area contributed by atoms with E-state index in [9.17, 15) is 9.90 Å². The number of nitrogens with zero attached hydrogens (tertiary/aromatic N) is 2. The average Bonchev–Trinajstić information content (AvgIpc) is 3.55. The molecule has 0 unspecified atom stereocenters. The Labute approximate surface area is 176 Å². The molecule has 2 heterocycles. The van der Waals surface area contributed by atoms with Crippen LogP contribution in [-0.4, -0.2) is 41.1 Å². The first-order chi connectivity index (χ1) is 14.6. The van der Waals surface area contributed by atoms with Crippen molar-refractivity contribution in [1.82, 2.24) is 4.90 Å². The molecule has 2 atom stereocenters. The number of carbonyl (C=O) groups excluding carboxylic acids is 1. The van der Waals surface area contributed by atoms with E-state index in [1.54, 1.807) is 24.7 Å². The molecule has 1 saturated carbocycles. The molecule has 2 fully saturated rings. The highest BCUT2D eigenvalue weighted by molar-refractivity contribution is 5.82. The van der Waals surface area contributed by atoms with E-state index in [0.29, 0.717) is 37.6 Å². The van der Waals surface area contributed by atoms with Crippen LogP contribution in [0.2, 0.25) is 0 Å². The molecule has 30 heavy (non-hydrogen) atoms. The Kier molecular flexibility index (Phi) is 6.08. The molecule has 1 aliphatic carbocycles. The van der Waals surface area contributed by atoms with Crippen LogP contribution in [0.4, 0.5) is 0 Å². The Balaban J connectivity index is 1.41. The van der Waals surface area contributed by atoms with Gasteiger partial charge in [0.2, 0.25) is 0 Å². The third-order valence-corrected chi connectivity index (χ3v) is 6.22. The third-order valence-electron chi connectivity index (χ3n) is 6.22. The Morgan fingerprint density at radius 1 is 1.23 bits per heavy atom. The first-order valence-corrected chi connectivity index (χ1v) is 10.6. The number of aliphatic imine (C=N–C) groups is 1. The molecule has 1 saturated heterocycles. The summed E-state index contributed by atoms with van der Waals surface area (Å²) in [7, 11) is 0. The number of esters is 1. The van der Waals surface area contributed by atoms with Crippen LogP contribution in [0.25, 0.3) is 0 Å². The topological polar surface area (TPSA) is 101 Å². The van der Waals surface area contributed by atoms with Crippen molar-refractivity contribution in [3.63, 3.8) is 0 Å². The van der Waals surface area contributed by atoms with Crippen molar-refractivity contribution >= 4 is 11.9 Å². The van der Waals surface area contributed by atoms with E-state index in [1.807, 2.05) is 29.2 Å². The second-order valence-electron chi connectivity index (χ2n) is 8.18. The fraction of sp³-hybridized carbons (Fsp3) is 0.478. The maximum atomic E-state index is 13.2. The van der Waals surface area contributed by atoms with E-state index in [4.69, 9.17) is 14.9 Å². The number of benzene rings is 1. The molecule has 1 aromatic carbocycles. The second-order valence-corrected chi connectivity index (χ2v) is 8.18. The smallest absolute Gasteiger partial charge is 0.343 e. The highest BCUT2D eigenvalue weighted by atomic mass is 16.6. The van der Waals surface area contributed by atoms with Gasteiger partial charge in [0.1, 0.15) is 6.10 Å². The fourth-order valence-corrected chi connectivity index (χ4v) is 4.48. The summed E-state index contributed by atoms with van der Waals surface area (Å²) in [6.45, 7) is 1.58. The zero-order valence-corrected chi connectivity index (χ0v) is 17.1. The van der Waals surface area contributed by atoms with Crippen LogP contribution < -0.4 is 5.73 Å². The molecule has 2 aromatic rings. The third kappa shape index (κ3) is 4.21. The van der Waals surface area contributed by atoms with Crippen LogP contribution in [-0.2, 0) is 21.7 Å². The zero-order chi connectivity index (χ0) is 21.0. The predicted octanol–water partition coefficient (Wildman–Crippen LogP) is 2.79. The van der Waals surface area contributed by atoms with Crippen LogP contribution in [0.5, 0.6) is 0 Å². The maximum Gasteiger partial charge on any atom is 0.343 e. The lowest BCUT2D eigenvalue weighted by Gasteiger charge is -2.33. The van der Waals surface area contributed by atoms with Gasteiger partial charge in [0, 0.05) is 24.4 Å². The minimum absolute atomic E-state index is 0.119. The molecule has 7 heteroatoms. The zero-order valence-electron chi connectivity index (χ0n) is 17.1. The molecule has 0 radical (unpaired) electrons. The Bertz CT molecular complexity index is 862. The van der Waals surface area contributed by atoms with Gasteiger partial charge < -0.3 is 24.9 Å². The predicted molar refractivity (Wildman–Crippen MR) is 112 cm³/mol. The molecular formula is C23H29N3O4. The number of furan rings is 1. The minimum atomic E-state index is -1.61. The van der Waals surface area contributed by atoms with Crippen molar-refractivity contribution in [1.29, 1.82) is 0 Å². The van der Waals surface area contributed by atoms with Gasteiger partial charge in [-0.1, -0.05) is 43.2 Å². The SMILES string of the molecule is NC(=NCc1ccoc1)N1CC[C@@H](OC(=O)[C@](O)(c2ccccc2)C2CCCC2)C1. The van der Waals surface area contributed by atoms with Crippen LogP contribution in [0.15, 0.2) is 58.3 Å².